The zero-order valence-corrected chi connectivity index (χ0v) is 16.9. The molecule has 1 saturated heterocycles. The van der Waals surface area contributed by atoms with Gasteiger partial charge in [0.05, 0.1) is 4.87 Å². The Balaban J connectivity index is 1.98. The molecule has 22 heavy (non-hydrogen) atoms. The Hall–Kier alpha value is 0.840. The van der Waals surface area contributed by atoms with Gasteiger partial charge in [0, 0.05) is 11.0 Å². The fourth-order valence-corrected chi connectivity index (χ4v) is 6.64. The smallest absolute Gasteiger partial charge is 0.0909 e. The fraction of sp³-hybridized carbons (Fsp3) is 0.765. The predicted molar refractivity (Wildman–Crippen MR) is 112 cm³/mol. The van der Waals surface area contributed by atoms with E-state index in [1.54, 1.807) is 0 Å². The third kappa shape index (κ3) is 5.73. The predicted octanol–water partition coefficient (Wildman–Crippen LogP) is 4.86. The zero-order chi connectivity index (χ0) is 15.7. The van der Waals surface area contributed by atoms with Gasteiger partial charge in [-0.3, -0.25) is 5.32 Å². The quantitative estimate of drug-likeness (QED) is 0.440. The van der Waals surface area contributed by atoms with E-state index in [-0.39, 0.29) is 4.87 Å². The number of hydrogen-bond donors (Lipinski definition) is 2. The molecule has 1 aliphatic heterocycles. The molecule has 0 bridgehead atoms. The molecule has 2 unspecified atom stereocenters. The Morgan fingerprint density at radius 1 is 1.32 bits per heavy atom. The second kappa shape index (κ2) is 10.7. The maximum Gasteiger partial charge on any atom is 0.0909 e. The van der Waals surface area contributed by atoms with Crippen LogP contribution in [0.4, 0.5) is 0 Å². The third-order valence-electron chi connectivity index (χ3n) is 4.14. The van der Waals surface area contributed by atoms with Crippen LogP contribution in [0.3, 0.4) is 0 Å². The van der Waals surface area contributed by atoms with Gasteiger partial charge in [0.1, 0.15) is 0 Å². The zero-order valence-electron chi connectivity index (χ0n) is 13.6. The van der Waals surface area contributed by atoms with E-state index in [4.69, 9.17) is 0 Å². The molecule has 0 aromatic heterocycles. The molecule has 1 N–H and O–H groups in total. The maximum atomic E-state index is 4.43. The van der Waals surface area contributed by atoms with Crippen LogP contribution in [0.2, 0.25) is 0 Å². The number of rotatable bonds is 9. The van der Waals surface area contributed by atoms with Crippen LogP contribution in [-0.4, -0.2) is 45.9 Å². The lowest BCUT2D eigenvalue weighted by Crippen LogP contribution is -2.51. The second-order valence-electron chi connectivity index (χ2n) is 5.80. The Bertz CT molecular complexity index is 383. The first-order chi connectivity index (χ1) is 10.8. The molecule has 2 atom stereocenters. The van der Waals surface area contributed by atoms with E-state index in [1.807, 2.05) is 11.8 Å². The van der Waals surface area contributed by atoms with E-state index in [2.05, 4.69) is 66.0 Å². The van der Waals surface area contributed by atoms with Gasteiger partial charge < -0.3 is 0 Å². The van der Waals surface area contributed by atoms with E-state index in [0.29, 0.717) is 0 Å². The molecule has 126 valence electrons. The minimum Gasteiger partial charge on any atom is -0.299 e. The van der Waals surface area contributed by atoms with Crippen molar-refractivity contribution in [3.05, 3.63) is 23.8 Å². The normalized spacial score (nSPS) is 28.6. The molecule has 1 fully saturated rings. The molecule has 1 aliphatic carbocycles. The van der Waals surface area contributed by atoms with Crippen LogP contribution in [0, 0.1) is 0 Å². The Morgan fingerprint density at radius 3 is 2.95 bits per heavy atom. The molecular formula is C17H29NS4. The standard InChI is InChI=1S/C17H29NS4/c1-20-11-5-12-21-16-8-9-18-17(14-16,22-13-10-19)15-6-3-2-4-7-15/h3,6-7,16,18-19H,2,4-5,8-14H2,1H3. The lowest BCUT2D eigenvalue weighted by Gasteiger charge is -2.43. The molecule has 5 heteroatoms. The lowest BCUT2D eigenvalue weighted by atomic mass is 9.92. The average Bonchev–Trinajstić information content (AvgIpc) is 2.58. The van der Waals surface area contributed by atoms with E-state index >= 15 is 0 Å². The van der Waals surface area contributed by atoms with Crippen LogP contribution >= 0.6 is 47.9 Å². The first kappa shape index (κ1) is 19.2. The van der Waals surface area contributed by atoms with Gasteiger partial charge in [-0.15, -0.1) is 11.8 Å². The van der Waals surface area contributed by atoms with Gasteiger partial charge in [0.2, 0.25) is 0 Å². The summed E-state index contributed by atoms with van der Waals surface area (Å²) in [6.45, 7) is 1.14. The monoisotopic (exact) mass is 375 g/mol. The van der Waals surface area contributed by atoms with E-state index in [9.17, 15) is 0 Å². The molecule has 0 spiro atoms. The summed E-state index contributed by atoms with van der Waals surface area (Å²) in [6, 6.07) is 0. The largest absolute Gasteiger partial charge is 0.299 e. The van der Waals surface area contributed by atoms with Gasteiger partial charge in [-0.05, 0) is 67.7 Å². The van der Waals surface area contributed by atoms with Crippen LogP contribution in [-0.2, 0) is 0 Å². The van der Waals surface area contributed by atoms with E-state index in [1.165, 1.54) is 49.2 Å². The number of nitrogens with one attached hydrogen (secondary N) is 1. The summed E-state index contributed by atoms with van der Waals surface area (Å²) in [6.07, 6.45) is 15.7. The van der Waals surface area contributed by atoms with Crippen LogP contribution in [0.5, 0.6) is 0 Å². The van der Waals surface area contributed by atoms with Gasteiger partial charge in [-0.2, -0.15) is 36.2 Å². The van der Waals surface area contributed by atoms with Crippen molar-refractivity contribution in [1.29, 1.82) is 0 Å². The first-order valence-electron chi connectivity index (χ1n) is 8.28. The van der Waals surface area contributed by atoms with Crippen molar-refractivity contribution < 1.29 is 0 Å². The summed E-state index contributed by atoms with van der Waals surface area (Å²) >= 11 is 10.7. The number of thiol groups is 1. The van der Waals surface area contributed by atoms with Crippen molar-refractivity contribution in [2.45, 2.75) is 42.2 Å². The minimum absolute atomic E-state index is 0.134. The molecule has 0 radical (unpaired) electrons. The third-order valence-corrected chi connectivity index (χ3v) is 8.21. The average molecular weight is 376 g/mol. The highest BCUT2D eigenvalue weighted by molar-refractivity contribution is 8.02. The Morgan fingerprint density at radius 2 is 2.23 bits per heavy atom. The highest BCUT2D eigenvalue weighted by Gasteiger charge is 2.38. The van der Waals surface area contributed by atoms with Gasteiger partial charge in [0.15, 0.2) is 0 Å². The van der Waals surface area contributed by atoms with Crippen LogP contribution in [0.1, 0.15) is 32.1 Å². The molecule has 2 rings (SSSR count). The highest BCUT2D eigenvalue weighted by Crippen LogP contribution is 2.42. The molecule has 0 aromatic rings. The number of piperidine rings is 1. The van der Waals surface area contributed by atoms with Crippen molar-refractivity contribution in [3.63, 3.8) is 0 Å². The first-order valence-corrected chi connectivity index (χ1v) is 12.3. The van der Waals surface area contributed by atoms with Crippen LogP contribution < -0.4 is 5.32 Å². The molecular weight excluding hydrogens is 346 g/mol. The SMILES string of the molecule is CSCCCSC1CCNC(SCCS)(C2=CCCC=C2)C1. The summed E-state index contributed by atoms with van der Waals surface area (Å²) < 4.78 is 0. The number of allylic oxidation sites excluding steroid dienone is 2. The number of hydrogen-bond acceptors (Lipinski definition) is 5. The van der Waals surface area contributed by atoms with Crippen molar-refractivity contribution in [1.82, 2.24) is 5.32 Å². The molecule has 1 heterocycles. The van der Waals surface area contributed by atoms with E-state index < -0.39 is 0 Å². The highest BCUT2D eigenvalue weighted by atomic mass is 32.2. The van der Waals surface area contributed by atoms with Crippen LogP contribution in [0.25, 0.3) is 0 Å². The molecule has 0 amide bonds. The summed E-state index contributed by atoms with van der Waals surface area (Å²) in [5.74, 6) is 4.68. The van der Waals surface area contributed by atoms with Crippen molar-refractivity contribution in [2.24, 2.45) is 0 Å². The van der Waals surface area contributed by atoms with Crippen LogP contribution in [0.15, 0.2) is 23.8 Å². The molecule has 2 aliphatic rings. The molecule has 0 aromatic carbocycles. The van der Waals surface area contributed by atoms with Gasteiger partial charge in [-0.25, -0.2) is 0 Å². The summed E-state index contributed by atoms with van der Waals surface area (Å²) in [5, 5.41) is 4.66. The molecule has 0 saturated carbocycles. The van der Waals surface area contributed by atoms with Gasteiger partial charge in [0.25, 0.3) is 0 Å². The summed E-state index contributed by atoms with van der Waals surface area (Å²) in [7, 11) is 0. The van der Waals surface area contributed by atoms with Crippen molar-refractivity contribution >= 4 is 47.9 Å². The lowest BCUT2D eigenvalue weighted by molar-refractivity contribution is 0.418. The Labute approximate surface area is 154 Å². The van der Waals surface area contributed by atoms with Gasteiger partial charge in [-0.1, -0.05) is 18.2 Å². The van der Waals surface area contributed by atoms with Gasteiger partial charge >= 0.3 is 0 Å². The van der Waals surface area contributed by atoms with Crippen molar-refractivity contribution in [2.75, 3.05) is 35.8 Å². The topological polar surface area (TPSA) is 12.0 Å². The second-order valence-corrected chi connectivity index (χ2v) is 10.0. The van der Waals surface area contributed by atoms with Crippen molar-refractivity contribution in [3.8, 4) is 0 Å². The summed E-state index contributed by atoms with van der Waals surface area (Å²) in [4.78, 5) is 0.134. The molecule has 1 nitrogen and oxygen atoms in total. The fourth-order valence-electron chi connectivity index (χ4n) is 3.07. The van der Waals surface area contributed by atoms with E-state index in [0.717, 1.165) is 23.3 Å². The number of thioether (sulfide) groups is 3. The maximum absolute atomic E-state index is 4.43. The minimum atomic E-state index is 0.134. The summed E-state index contributed by atoms with van der Waals surface area (Å²) in [5.41, 5.74) is 1.51. The Kier molecular flexibility index (Phi) is 9.28.